The summed E-state index contributed by atoms with van der Waals surface area (Å²) in [5, 5.41) is 14.8. The first kappa shape index (κ1) is 12.2. The van der Waals surface area contributed by atoms with Gasteiger partial charge in [0.1, 0.15) is 11.3 Å². The van der Waals surface area contributed by atoms with Gasteiger partial charge in [0.25, 0.3) is 5.69 Å². The van der Waals surface area contributed by atoms with Crippen LogP contribution < -0.4 is 5.32 Å². The average Bonchev–Trinajstić information content (AvgIpc) is 2.88. The third kappa shape index (κ3) is 2.47. The van der Waals surface area contributed by atoms with E-state index in [-0.39, 0.29) is 5.69 Å². The first-order chi connectivity index (χ1) is 9.72. The normalized spacial score (nSPS) is 10.6. The van der Waals surface area contributed by atoms with E-state index >= 15 is 0 Å². The fourth-order valence-electron chi connectivity index (χ4n) is 2.01. The molecular formula is C15H12N2O3. The molecule has 0 radical (unpaired) electrons. The summed E-state index contributed by atoms with van der Waals surface area (Å²) >= 11 is 0. The number of non-ortho nitro benzene ring substituents is 1. The van der Waals surface area contributed by atoms with Crippen molar-refractivity contribution >= 4 is 22.3 Å². The maximum atomic E-state index is 10.6. The number of nitro benzene ring substituents is 1. The maximum Gasteiger partial charge on any atom is 0.269 e. The molecule has 1 heterocycles. The Balaban J connectivity index is 1.71. The van der Waals surface area contributed by atoms with Gasteiger partial charge in [0.2, 0.25) is 0 Å². The van der Waals surface area contributed by atoms with Crippen LogP contribution in [0.5, 0.6) is 0 Å². The number of nitro groups is 1. The zero-order valence-corrected chi connectivity index (χ0v) is 10.6. The quantitative estimate of drug-likeness (QED) is 0.574. The highest BCUT2D eigenvalue weighted by Gasteiger charge is 2.05. The zero-order valence-electron chi connectivity index (χ0n) is 10.6. The van der Waals surface area contributed by atoms with Crippen LogP contribution in [0.3, 0.4) is 0 Å². The molecule has 0 atom stereocenters. The summed E-state index contributed by atoms with van der Waals surface area (Å²) < 4.78 is 5.68. The maximum absolute atomic E-state index is 10.6. The lowest BCUT2D eigenvalue weighted by Crippen LogP contribution is -1.98. The molecule has 5 heteroatoms. The molecule has 3 aromatic rings. The van der Waals surface area contributed by atoms with Gasteiger partial charge in [-0.3, -0.25) is 10.1 Å². The van der Waals surface area contributed by atoms with E-state index in [0.29, 0.717) is 6.54 Å². The van der Waals surface area contributed by atoms with E-state index in [0.717, 1.165) is 22.4 Å². The predicted octanol–water partition coefficient (Wildman–Crippen LogP) is 3.95. The molecular weight excluding hydrogens is 256 g/mol. The number of hydrogen-bond acceptors (Lipinski definition) is 4. The van der Waals surface area contributed by atoms with Gasteiger partial charge in [0.15, 0.2) is 0 Å². The topological polar surface area (TPSA) is 68.3 Å². The number of furan rings is 1. The van der Waals surface area contributed by atoms with Gasteiger partial charge in [-0.25, -0.2) is 0 Å². The molecule has 20 heavy (non-hydrogen) atoms. The predicted molar refractivity (Wildman–Crippen MR) is 76.6 cm³/mol. The number of hydrogen-bond donors (Lipinski definition) is 1. The number of nitrogens with zero attached hydrogens (tertiary/aromatic N) is 1. The molecule has 5 nitrogen and oxygen atoms in total. The van der Waals surface area contributed by atoms with Crippen molar-refractivity contribution in [2.75, 3.05) is 5.32 Å². The molecule has 0 bridgehead atoms. The Kier molecular flexibility index (Phi) is 3.09. The van der Waals surface area contributed by atoms with Gasteiger partial charge in [-0.2, -0.15) is 0 Å². The highest BCUT2D eigenvalue weighted by Crippen LogP contribution is 2.20. The first-order valence-corrected chi connectivity index (χ1v) is 6.18. The largest absolute Gasteiger partial charge is 0.459 e. The molecule has 0 saturated carbocycles. The molecule has 0 unspecified atom stereocenters. The Morgan fingerprint density at radius 1 is 1.10 bits per heavy atom. The van der Waals surface area contributed by atoms with Crippen LogP contribution in [0.1, 0.15) is 5.76 Å². The second-order valence-corrected chi connectivity index (χ2v) is 4.41. The minimum atomic E-state index is -0.414. The number of anilines is 1. The van der Waals surface area contributed by atoms with Crippen molar-refractivity contribution in [3.05, 3.63) is 70.5 Å². The Bertz CT molecular complexity index is 714. The van der Waals surface area contributed by atoms with E-state index < -0.39 is 4.92 Å². The number of fused-ring (bicyclic) bond motifs is 1. The lowest BCUT2D eigenvalue weighted by Gasteiger charge is -2.03. The van der Waals surface area contributed by atoms with Crippen molar-refractivity contribution in [1.29, 1.82) is 0 Å². The fraction of sp³-hybridized carbons (Fsp3) is 0.0667. The summed E-state index contributed by atoms with van der Waals surface area (Å²) in [5.41, 5.74) is 1.75. The van der Waals surface area contributed by atoms with Crippen molar-refractivity contribution in [2.45, 2.75) is 6.54 Å². The summed E-state index contributed by atoms with van der Waals surface area (Å²) in [7, 11) is 0. The van der Waals surface area contributed by atoms with Crippen molar-refractivity contribution in [1.82, 2.24) is 0 Å². The third-order valence-corrected chi connectivity index (χ3v) is 3.02. The minimum Gasteiger partial charge on any atom is -0.459 e. The van der Waals surface area contributed by atoms with E-state index in [2.05, 4.69) is 5.32 Å². The van der Waals surface area contributed by atoms with Crippen LogP contribution in [0.15, 0.2) is 59.0 Å². The van der Waals surface area contributed by atoms with Crippen molar-refractivity contribution in [3.8, 4) is 0 Å². The zero-order chi connectivity index (χ0) is 13.9. The van der Waals surface area contributed by atoms with E-state index in [4.69, 9.17) is 4.42 Å². The highest BCUT2D eigenvalue weighted by atomic mass is 16.6. The molecule has 1 aromatic heterocycles. The highest BCUT2D eigenvalue weighted by molar-refractivity contribution is 5.77. The number of benzene rings is 2. The average molecular weight is 268 g/mol. The second kappa shape index (κ2) is 5.05. The summed E-state index contributed by atoms with van der Waals surface area (Å²) in [6.07, 6.45) is 0. The van der Waals surface area contributed by atoms with Crippen LogP contribution in [-0.4, -0.2) is 4.92 Å². The molecule has 0 aliphatic rings. The lowest BCUT2D eigenvalue weighted by molar-refractivity contribution is -0.384. The fourth-order valence-corrected chi connectivity index (χ4v) is 2.01. The van der Waals surface area contributed by atoms with E-state index in [1.54, 1.807) is 12.1 Å². The molecule has 0 aliphatic heterocycles. The van der Waals surface area contributed by atoms with E-state index in [1.807, 2.05) is 30.3 Å². The van der Waals surface area contributed by atoms with E-state index in [1.165, 1.54) is 12.1 Å². The molecule has 1 N–H and O–H groups in total. The molecule has 0 aliphatic carbocycles. The van der Waals surface area contributed by atoms with Crippen LogP contribution >= 0.6 is 0 Å². The third-order valence-electron chi connectivity index (χ3n) is 3.02. The van der Waals surface area contributed by atoms with Crippen molar-refractivity contribution in [3.63, 3.8) is 0 Å². The van der Waals surface area contributed by atoms with Gasteiger partial charge in [-0.05, 0) is 24.3 Å². The molecule has 100 valence electrons. The van der Waals surface area contributed by atoms with Gasteiger partial charge >= 0.3 is 0 Å². The number of para-hydroxylation sites is 1. The molecule has 0 saturated heterocycles. The van der Waals surface area contributed by atoms with Crippen LogP contribution in [0.2, 0.25) is 0 Å². The molecule has 3 rings (SSSR count). The van der Waals surface area contributed by atoms with Gasteiger partial charge in [-0.15, -0.1) is 0 Å². The Labute approximate surface area is 115 Å². The number of nitrogens with one attached hydrogen (secondary N) is 1. The first-order valence-electron chi connectivity index (χ1n) is 6.18. The minimum absolute atomic E-state index is 0.0827. The Morgan fingerprint density at radius 2 is 1.85 bits per heavy atom. The molecule has 2 aromatic carbocycles. The van der Waals surface area contributed by atoms with Gasteiger partial charge in [0, 0.05) is 23.2 Å². The lowest BCUT2D eigenvalue weighted by atomic mass is 10.2. The summed E-state index contributed by atoms with van der Waals surface area (Å²) in [6.45, 7) is 0.534. The van der Waals surface area contributed by atoms with Crippen LogP contribution in [0, 0.1) is 10.1 Å². The van der Waals surface area contributed by atoms with Gasteiger partial charge in [-0.1, -0.05) is 18.2 Å². The Hall–Kier alpha value is -2.82. The summed E-state index contributed by atoms with van der Waals surface area (Å²) in [6, 6.07) is 16.1. The number of rotatable bonds is 4. The molecule has 0 spiro atoms. The summed E-state index contributed by atoms with van der Waals surface area (Å²) in [4.78, 5) is 10.1. The summed E-state index contributed by atoms with van der Waals surface area (Å²) in [5.74, 6) is 0.824. The standard InChI is InChI=1S/C15H12N2O3/c18-17(19)13-7-5-12(6-8-13)16-10-14-9-11-3-1-2-4-15(11)20-14/h1-9,16H,10H2. The van der Waals surface area contributed by atoms with E-state index in [9.17, 15) is 10.1 Å². The molecule has 0 fully saturated rings. The SMILES string of the molecule is O=[N+]([O-])c1ccc(NCc2cc3ccccc3o2)cc1. The van der Waals surface area contributed by atoms with Gasteiger partial charge in [0.05, 0.1) is 11.5 Å². The van der Waals surface area contributed by atoms with Crippen LogP contribution in [0.25, 0.3) is 11.0 Å². The second-order valence-electron chi connectivity index (χ2n) is 4.41. The Morgan fingerprint density at radius 3 is 2.55 bits per heavy atom. The monoisotopic (exact) mass is 268 g/mol. The molecule has 0 amide bonds. The van der Waals surface area contributed by atoms with Crippen LogP contribution in [-0.2, 0) is 6.54 Å². The van der Waals surface area contributed by atoms with Crippen molar-refractivity contribution in [2.24, 2.45) is 0 Å². The van der Waals surface area contributed by atoms with Crippen molar-refractivity contribution < 1.29 is 9.34 Å². The van der Waals surface area contributed by atoms with Crippen LogP contribution in [0.4, 0.5) is 11.4 Å². The smallest absolute Gasteiger partial charge is 0.269 e. The van der Waals surface area contributed by atoms with Gasteiger partial charge < -0.3 is 9.73 Å².